The topological polar surface area (TPSA) is 49.5 Å². The summed E-state index contributed by atoms with van der Waals surface area (Å²) in [6.07, 6.45) is 7.49. The van der Waals surface area contributed by atoms with E-state index in [-0.39, 0.29) is 18.7 Å². The molecule has 3 heteroatoms. The van der Waals surface area contributed by atoms with E-state index in [2.05, 4.69) is 18.7 Å². The molecule has 1 rings (SSSR count). The standard InChI is InChI=1S/C14H30N2O/c1-3-6-12-7-5-9-16(10-8-12)14(11-17)13(15)4-2/h12-14,17H,3-11,15H2,1-2H3. The Labute approximate surface area is 106 Å². The molecule has 0 aromatic heterocycles. The van der Waals surface area contributed by atoms with Crippen molar-refractivity contribution in [3.63, 3.8) is 0 Å². The van der Waals surface area contributed by atoms with E-state index in [0.29, 0.717) is 0 Å². The lowest BCUT2D eigenvalue weighted by Gasteiger charge is -2.33. The van der Waals surface area contributed by atoms with Crippen LogP contribution in [0.15, 0.2) is 0 Å². The first-order chi connectivity index (χ1) is 8.22. The van der Waals surface area contributed by atoms with Gasteiger partial charge in [0, 0.05) is 12.1 Å². The Balaban J connectivity index is 2.48. The summed E-state index contributed by atoms with van der Waals surface area (Å²) in [6, 6.07) is 0.281. The highest BCUT2D eigenvalue weighted by Crippen LogP contribution is 2.23. The third-order valence-electron chi connectivity index (χ3n) is 4.20. The number of rotatable bonds is 6. The summed E-state index contributed by atoms with van der Waals surface area (Å²) in [7, 11) is 0. The third kappa shape index (κ3) is 4.57. The minimum atomic E-state index is 0.114. The number of hydrogen-bond donors (Lipinski definition) is 2. The van der Waals surface area contributed by atoms with Crippen molar-refractivity contribution in [2.24, 2.45) is 11.7 Å². The molecule has 1 fully saturated rings. The molecular formula is C14H30N2O. The van der Waals surface area contributed by atoms with Gasteiger partial charge < -0.3 is 10.8 Å². The Morgan fingerprint density at radius 1 is 1.29 bits per heavy atom. The summed E-state index contributed by atoms with van der Waals surface area (Å²) >= 11 is 0. The maximum absolute atomic E-state index is 9.52. The van der Waals surface area contributed by atoms with Crippen LogP contribution in [0.5, 0.6) is 0 Å². The summed E-state index contributed by atoms with van der Waals surface area (Å²) in [6.45, 7) is 6.80. The Bertz CT molecular complexity index is 199. The molecule has 3 unspecified atom stereocenters. The molecule has 1 heterocycles. The lowest BCUT2D eigenvalue weighted by Crippen LogP contribution is -2.50. The van der Waals surface area contributed by atoms with Crippen LogP contribution in [0.4, 0.5) is 0 Å². The van der Waals surface area contributed by atoms with Gasteiger partial charge in [-0.1, -0.05) is 26.7 Å². The SMILES string of the molecule is CCCC1CCCN(C(CO)C(N)CC)CC1. The molecule has 0 aromatic rings. The van der Waals surface area contributed by atoms with Gasteiger partial charge in [-0.05, 0) is 44.7 Å². The van der Waals surface area contributed by atoms with Gasteiger partial charge in [-0.25, -0.2) is 0 Å². The minimum Gasteiger partial charge on any atom is -0.395 e. The number of nitrogens with zero attached hydrogens (tertiary/aromatic N) is 1. The Kier molecular flexibility index (Phi) is 7.09. The molecule has 1 aliphatic rings. The summed E-state index contributed by atoms with van der Waals surface area (Å²) in [4.78, 5) is 2.42. The summed E-state index contributed by atoms with van der Waals surface area (Å²) in [5, 5.41) is 9.52. The highest BCUT2D eigenvalue weighted by molar-refractivity contribution is 4.83. The van der Waals surface area contributed by atoms with Crippen LogP contribution in [-0.4, -0.2) is 41.8 Å². The van der Waals surface area contributed by atoms with Gasteiger partial charge in [0.2, 0.25) is 0 Å². The van der Waals surface area contributed by atoms with Crippen molar-refractivity contribution in [2.75, 3.05) is 19.7 Å². The molecule has 0 amide bonds. The monoisotopic (exact) mass is 242 g/mol. The molecule has 1 aliphatic heterocycles. The van der Waals surface area contributed by atoms with Crippen molar-refractivity contribution in [1.82, 2.24) is 4.90 Å². The Morgan fingerprint density at radius 3 is 2.65 bits per heavy atom. The predicted octanol–water partition coefficient (Wildman–Crippen LogP) is 1.99. The maximum Gasteiger partial charge on any atom is 0.0601 e. The first-order valence-electron chi connectivity index (χ1n) is 7.33. The van der Waals surface area contributed by atoms with Crippen LogP contribution >= 0.6 is 0 Å². The number of nitrogens with two attached hydrogens (primary N) is 1. The quantitative estimate of drug-likeness (QED) is 0.749. The average Bonchev–Trinajstić information content (AvgIpc) is 2.56. The van der Waals surface area contributed by atoms with Crippen molar-refractivity contribution in [2.45, 2.75) is 64.5 Å². The minimum absolute atomic E-state index is 0.114. The second kappa shape index (κ2) is 8.06. The van der Waals surface area contributed by atoms with Crippen LogP contribution in [0, 0.1) is 5.92 Å². The van der Waals surface area contributed by atoms with Crippen molar-refractivity contribution < 1.29 is 5.11 Å². The summed E-state index contributed by atoms with van der Waals surface area (Å²) < 4.78 is 0. The van der Waals surface area contributed by atoms with Crippen LogP contribution in [0.1, 0.15) is 52.4 Å². The highest BCUT2D eigenvalue weighted by Gasteiger charge is 2.25. The molecule has 0 spiro atoms. The fourth-order valence-electron chi connectivity index (χ4n) is 3.01. The van der Waals surface area contributed by atoms with Crippen LogP contribution in [0.25, 0.3) is 0 Å². The lowest BCUT2D eigenvalue weighted by molar-refractivity contribution is 0.104. The molecule has 0 aliphatic carbocycles. The molecule has 1 saturated heterocycles. The maximum atomic E-state index is 9.52. The third-order valence-corrected chi connectivity index (χ3v) is 4.20. The molecule has 0 aromatic carbocycles. The Hall–Kier alpha value is -0.120. The van der Waals surface area contributed by atoms with Gasteiger partial charge in [-0.3, -0.25) is 4.90 Å². The average molecular weight is 242 g/mol. The van der Waals surface area contributed by atoms with Crippen molar-refractivity contribution in [3.8, 4) is 0 Å². The van der Waals surface area contributed by atoms with Crippen molar-refractivity contribution in [3.05, 3.63) is 0 Å². The van der Waals surface area contributed by atoms with Crippen LogP contribution in [0.3, 0.4) is 0 Å². The van der Waals surface area contributed by atoms with E-state index in [4.69, 9.17) is 5.73 Å². The van der Waals surface area contributed by atoms with Gasteiger partial charge in [0.1, 0.15) is 0 Å². The highest BCUT2D eigenvalue weighted by atomic mass is 16.3. The largest absolute Gasteiger partial charge is 0.395 e. The number of likely N-dealkylation sites (tertiary alicyclic amines) is 1. The summed E-state index contributed by atoms with van der Waals surface area (Å²) in [5.41, 5.74) is 6.10. The molecule has 0 saturated carbocycles. The van der Waals surface area contributed by atoms with Crippen LogP contribution < -0.4 is 5.73 Å². The molecule has 3 nitrogen and oxygen atoms in total. The molecule has 3 N–H and O–H groups in total. The molecule has 0 radical (unpaired) electrons. The van der Waals surface area contributed by atoms with Gasteiger partial charge in [-0.2, -0.15) is 0 Å². The van der Waals surface area contributed by atoms with Gasteiger partial charge in [0.15, 0.2) is 0 Å². The molecule has 102 valence electrons. The summed E-state index contributed by atoms with van der Waals surface area (Å²) in [5.74, 6) is 0.891. The van der Waals surface area contributed by atoms with E-state index in [1.54, 1.807) is 0 Å². The van der Waals surface area contributed by atoms with Gasteiger partial charge in [0.05, 0.1) is 6.61 Å². The molecule has 17 heavy (non-hydrogen) atoms. The zero-order valence-electron chi connectivity index (χ0n) is 11.6. The van der Waals surface area contributed by atoms with Gasteiger partial charge in [-0.15, -0.1) is 0 Å². The van der Waals surface area contributed by atoms with Crippen molar-refractivity contribution in [1.29, 1.82) is 0 Å². The lowest BCUT2D eigenvalue weighted by atomic mass is 9.96. The molecule has 3 atom stereocenters. The van der Waals surface area contributed by atoms with E-state index in [1.165, 1.54) is 32.1 Å². The van der Waals surface area contributed by atoms with E-state index in [0.717, 1.165) is 25.4 Å². The first-order valence-corrected chi connectivity index (χ1v) is 7.33. The van der Waals surface area contributed by atoms with Crippen LogP contribution in [-0.2, 0) is 0 Å². The molecular weight excluding hydrogens is 212 g/mol. The molecule has 0 bridgehead atoms. The van der Waals surface area contributed by atoms with E-state index < -0.39 is 0 Å². The zero-order chi connectivity index (χ0) is 12.7. The fraction of sp³-hybridized carbons (Fsp3) is 1.00. The fourth-order valence-corrected chi connectivity index (χ4v) is 3.01. The smallest absolute Gasteiger partial charge is 0.0601 e. The number of aliphatic hydroxyl groups excluding tert-OH is 1. The van der Waals surface area contributed by atoms with Crippen molar-refractivity contribution >= 4 is 0 Å². The number of hydrogen-bond acceptors (Lipinski definition) is 3. The second-order valence-electron chi connectivity index (χ2n) is 5.44. The first kappa shape index (κ1) is 14.9. The van der Waals surface area contributed by atoms with Gasteiger partial charge in [0.25, 0.3) is 0 Å². The zero-order valence-corrected chi connectivity index (χ0v) is 11.6. The second-order valence-corrected chi connectivity index (χ2v) is 5.44. The normalized spacial score (nSPS) is 26.5. The van der Waals surface area contributed by atoms with Crippen LogP contribution in [0.2, 0.25) is 0 Å². The van der Waals surface area contributed by atoms with E-state index >= 15 is 0 Å². The Morgan fingerprint density at radius 2 is 2.06 bits per heavy atom. The number of aliphatic hydroxyl groups is 1. The van der Waals surface area contributed by atoms with E-state index in [9.17, 15) is 5.11 Å². The van der Waals surface area contributed by atoms with E-state index in [1.807, 2.05) is 0 Å². The van der Waals surface area contributed by atoms with Gasteiger partial charge >= 0.3 is 0 Å². The predicted molar refractivity (Wildman–Crippen MR) is 73.0 cm³/mol.